The maximum Gasteiger partial charge on any atom is 0.306 e. The van der Waals surface area contributed by atoms with Crippen LogP contribution in [0.25, 0.3) is 0 Å². The average Bonchev–Trinajstić information content (AvgIpc) is 3.41. The highest BCUT2D eigenvalue weighted by Crippen LogP contribution is 2.17. The lowest BCUT2D eigenvalue weighted by molar-refractivity contribution is -0.167. The molecule has 0 saturated heterocycles. The van der Waals surface area contributed by atoms with Gasteiger partial charge in [0.2, 0.25) is 0 Å². The van der Waals surface area contributed by atoms with E-state index in [1.54, 1.807) is 0 Å². The first-order chi connectivity index (χ1) is 37.0. The Hall–Kier alpha value is -3.15. The summed E-state index contributed by atoms with van der Waals surface area (Å²) >= 11 is 0. The van der Waals surface area contributed by atoms with Crippen molar-refractivity contribution in [2.45, 2.75) is 335 Å². The van der Waals surface area contributed by atoms with Crippen molar-refractivity contribution in [3.8, 4) is 0 Å². The molecule has 0 aliphatic carbocycles. The Morgan fingerprint density at radius 3 is 0.813 bits per heavy atom. The summed E-state index contributed by atoms with van der Waals surface area (Å²) in [6.07, 6.45) is 82.5. The Kier molecular flexibility index (Phi) is 60.7. The molecule has 0 aromatic rings. The van der Waals surface area contributed by atoms with Gasteiger partial charge in [-0.25, -0.2) is 0 Å². The summed E-state index contributed by atoms with van der Waals surface area (Å²) in [7, 11) is 0. The van der Waals surface area contributed by atoms with Crippen molar-refractivity contribution in [3.05, 3.63) is 72.9 Å². The topological polar surface area (TPSA) is 78.9 Å². The maximum atomic E-state index is 12.8. The van der Waals surface area contributed by atoms with Crippen molar-refractivity contribution in [2.75, 3.05) is 13.2 Å². The lowest BCUT2D eigenvalue weighted by atomic mass is 10.0. The van der Waals surface area contributed by atoms with Gasteiger partial charge in [-0.1, -0.05) is 293 Å². The van der Waals surface area contributed by atoms with E-state index < -0.39 is 6.10 Å². The summed E-state index contributed by atoms with van der Waals surface area (Å²) < 4.78 is 16.8. The molecule has 0 aromatic carbocycles. The second kappa shape index (κ2) is 63.4. The summed E-state index contributed by atoms with van der Waals surface area (Å²) in [4.78, 5) is 37.9. The van der Waals surface area contributed by atoms with Crippen LogP contribution in [0.2, 0.25) is 0 Å². The van der Waals surface area contributed by atoms with E-state index in [-0.39, 0.29) is 31.1 Å². The van der Waals surface area contributed by atoms with Gasteiger partial charge in [0.15, 0.2) is 6.10 Å². The van der Waals surface area contributed by atoms with Gasteiger partial charge in [0.25, 0.3) is 0 Å². The summed E-state index contributed by atoms with van der Waals surface area (Å²) in [5.41, 5.74) is 0. The third-order valence-corrected chi connectivity index (χ3v) is 14.2. The van der Waals surface area contributed by atoms with E-state index in [9.17, 15) is 14.4 Å². The SMILES string of the molecule is CC/C=C\C/C=C\C/C=C\C/C=C\CCCCCCCCCCCCCCCCC(=O)OCC(COC(=O)CCCCCCC)OC(=O)CCCCCCCCCCCCCCC/C=C\C/C=C\CCCCCCC. The van der Waals surface area contributed by atoms with Crippen LogP contribution in [0.4, 0.5) is 0 Å². The second-order valence-electron chi connectivity index (χ2n) is 21.6. The van der Waals surface area contributed by atoms with Crippen LogP contribution in [0.5, 0.6) is 0 Å². The molecular weight excluding hydrogens is 925 g/mol. The zero-order valence-corrected chi connectivity index (χ0v) is 49.8. The number of hydrogen-bond acceptors (Lipinski definition) is 6. The fourth-order valence-corrected chi connectivity index (χ4v) is 9.35. The van der Waals surface area contributed by atoms with Gasteiger partial charge in [-0.3, -0.25) is 14.4 Å². The van der Waals surface area contributed by atoms with Gasteiger partial charge >= 0.3 is 17.9 Å². The fraction of sp³-hybridized carbons (Fsp3) is 0.783. The van der Waals surface area contributed by atoms with Gasteiger partial charge in [-0.15, -0.1) is 0 Å². The van der Waals surface area contributed by atoms with E-state index in [2.05, 4.69) is 93.7 Å². The molecule has 6 nitrogen and oxygen atoms in total. The highest BCUT2D eigenvalue weighted by molar-refractivity contribution is 5.71. The number of carbonyl (C=O) groups excluding carboxylic acids is 3. The minimum atomic E-state index is -0.772. The molecule has 6 heteroatoms. The van der Waals surface area contributed by atoms with Crippen LogP contribution in [0, 0.1) is 0 Å². The molecule has 0 spiro atoms. The summed E-state index contributed by atoms with van der Waals surface area (Å²) in [6, 6.07) is 0. The molecule has 0 aliphatic heterocycles. The molecular formula is C69H122O6. The van der Waals surface area contributed by atoms with Crippen molar-refractivity contribution < 1.29 is 28.6 Å². The first kappa shape index (κ1) is 71.8. The van der Waals surface area contributed by atoms with E-state index in [0.29, 0.717) is 19.3 Å². The van der Waals surface area contributed by atoms with Crippen LogP contribution in [0.1, 0.15) is 329 Å². The zero-order valence-electron chi connectivity index (χ0n) is 49.8. The Labute approximate surface area is 465 Å². The summed E-state index contributed by atoms with van der Waals surface area (Å²) in [6.45, 7) is 6.47. The number of carbonyl (C=O) groups is 3. The van der Waals surface area contributed by atoms with Gasteiger partial charge < -0.3 is 14.2 Å². The van der Waals surface area contributed by atoms with Crippen LogP contribution in [0.15, 0.2) is 72.9 Å². The van der Waals surface area contributed by atoms with Crippen LogP contribution in [-0.2, 0) is 28.6 Å². The molecule has 0 amide bonds. The van der Waals surface area contributed by atoms with Gasteiger partial charge in [-0.05, 0) is 89.9 Å². The molecule has 0 bridgehead atoms. The fourth-order valence-electron chi connectivity index (χ4n) is 9.35. The lowest BCUT2D eigenvalue weighted by Crippen LogP contribution is -2.30. The molecule has 0 radical (unpaired) electrons. The smallest absolute Gasteiger partial charge is 0.306 e. The van der Waals surface area contributed by atoms with E-state index in [1.165, 1.54) is 193 Å². The van der Waals surface area contributed by atoms with E-state index >= 15 is 0 Å². The highest BCUT2D eigenvalue weighted by atomic mass is 16.6. The van der Waals surface area contributed by atoms with Crippen LogP contribution in [-0.4, -0.2) is 37.2 Å². The lowest BCUT2D eigenvalue weighted by Gasteiger charge is -2.18. The Morgan fingerprint density at radius 1 is 0.280 bits per heavy atom. The predicted octanol–water partition coefficient (Wildman–Crippen LogP) is 22.1. The van der Waals surface area contributed by atoms with Crippen molar-refractivity contribution >= 4 is 17.9 Å². The van der Waals surface area contributed by atoms with Gasteiger partial charge in [0, 0.05) is 19.3 Å². The number of rotatable bonds is 59. The first-order valence-corrected chi connectivity index (χ1v) is 32.4. The quantitative estimate of drug-likeness (QED) is 0.0261. The van der Waals surface area contributed by atoms with Gasteiger partial charge in [0.1, 0.15) is 13.2 Å². The van der Waals surface area contributed by atoms with Gasteiger partial charge in [0.05, 0.1) is 0 Å². The third kappa shape index (κ3) is 61.6. The van der Waals surface area contributed by atoms with E-state index in [0.717, 1.165) is 96.3 Å². The van der Waals surface area contributed by atoms with Crippen molar-refractivity contribution in [3.63, 3.8) is 0 Å². The standard InChI is InChI=1S/C69H122O6/c1-4-7-10-13-15-17-19-21-23-25-27-29-31-33-34-36-37-39-41-43-45-47-49-51-53-56-59-62-68(71)74-65-66(64-73-67(70)61-58-55-12-9-6-3)75-69(72)63-60-57-54-52-50-48-46-44-42-40-38-35-32-30-28-26-24-22-20-18-16-14-11-8-5-2/h7,10,15,17,20-23,26-29,66H,4-6,8-9,11-14,16,18-19,24-25,30-65H2,1-3H3/b10-7-,17-15-,22-20-,23-21-,28-26-,29-27-. The Bertz CT molecular complexity index is 1390. The number of unbranched alkanes of at least 4 members (excludes halogenated alkanes) is 36. The minimum absolute atomic E-state index is 0.0731. The van der Waals surface area contributed by atoms with Crippen LogP contribution in [0.3, 0.4) is 0 Å². The first-order valence-electron chi connectivity index (χ1n) is 32.4. The molecule has 434 valence electrons. The number of esters is 3. The summed E-state index contributed by atoms with van der Waals surface area (Å²) in [5, 5.41) is 0. The number of allylic oxidation sites excluding steroid dienone is 12. The van der Waals surface area contributed by atoms with Crippen LogP contribution >= 0.6 is 0 Å². The molecule has 0 fully saturated rings. The minimum Gasteiger partial charge on any atom is -0.462 e. The third-order valence-electron chi connectivity index (χ3n) is 14.2. The Morgan fingerprint density at radius 2 is 0.520 bits per heavy atom. The molecule has 0 aliphatic rings. The molecule has 75 heavy (non-hydrogen) atoms. The van der Waals surface area contributed by atoms with Crippen molar-refractivity contribution in [1.82, 2.24) is 0 Å². The van der Waals surface area contributed by atoms with Crippen LogP contribution < -0.4 is 0 Å². The molecule has 0 N–H and O–H groups in total. The normalized spacial score (nSPS) is 12.5. The van der Waals surface area contributed by atoms with E-state index in [1.807, 2.05) is 0 Å². The Balaban J connectivity index is 4.01. The zero-order chi connectivity index (χ0) is 54.3. The van der Waals surface area contributed by atoms with Crippen molar-refractivity contribution in [1.29, 1.82) is 0 Å². The highest BCUT2D eigenvalue weighted by Gasteiger charge is 2.19. The second-order valence-corrected chi connectivity index (χ2v) is 21.6. The molecule has 0 heterocycles. The average molecular weight is 1050 g/mol. The molecule has 0 aromatic heterocycles. The predicted molar refractivity (Wildman–Crippen MR) is 325 cm³/mol. The number of hydrogen-bond donors (Lipinski definition) is 0. The number of ether oxygens (including phenoxy) is 3. The maximum absolute atomic E-state index is 12.8. The summed E-state index contributed by atoms with van der Waals surface area (Å²) in [5.74, 6) is -0.874. The monoisotopic (exact) mass is 1050 g/mol. The molecule has 1 unspecified atom stereocenters. The van der Waals surface area contributed by atoms with Crippen molar-refractivity contribution in [2.24, 2.45) is 0 Å². The molecule has 0 rings (SSSR count). The van der Waals surface area contributed by atoms with Gasteiger partial charge in [-0.2, -0.15) is 0 Å². The molecule has 1 atom stereocenters. The molecule has 0 saturated carbocycles. The largest absolute Gasteiger partial charge is 0.462 e. The van der Waals surface area contributed by atoms with E-state index in [4.69, 9.17) is 14.2 Å².